The summed E-state index contributed by atoms with van der Waals surface area (Å²) < 4.78 is 16.3. The number of hydrogen-bond donors (Lipinski definition) is 0. The van der Waals surface area contributed by atoms with Gasteiger partial charge in [0, 0.05) is 5.02 Å². The Morgan fingerprint density at radius 3 is 2.52 bits per heavy atom. The second kappa shape index (κ2) is 5.50. The van der Waals surface area contributed by atoms with Crippen molar-refractivity contribution in [3.63, 3.8) is 0 Å². The fourth-order valence-corrected chi connectivity index (χ4v) is 2.14. The minimum Gasteiger partial charge on any atom is -0.466 e. The van der Waals surface area contributed by atoms with Crippen LogP contribution in [0.4, 0.5) is 0 Å². The van der Waals surface area contributed by atoms with Gasteiger partial charge in [-0.2, -0.15) is 0 Å². The Bertz CT molecular complexity index is 737. The van der Waals surface area contributed by atoms with Crippen molar-refractivity contribution in [2.24, 2.45) is 0 Å². The van der Waals surface area contributed by atoms with Crippen LogP contribution in [-0.4, -0.2) is 13.1 Å². The number of hydrogen-bond acceptors (Lipinski definition) is 4. The third-order valence-corrected chi connectivity index (χ3v) is 3.18. The van der Waals surface area contributed by atoms with E-state index in [0.29, 0.717) is 33.6 Å². The van der Waals surface area contributed by atoms with E-state index in [1.54, 1.807) is 30.3 Å². The highest BCUT2D eigenvalue weighted by Gasteiger charge is 2.21. The third-order valence-electron chi connectivity index (χ3n) is 2.95. The van der Waals surface area contributed by atoms with Gasteiger partial charge in [-0.15, -0.1) is 0 Å². The first-order valence-corrected chi connectivity index (χ1v) is 6.59. The minimum absolute atomic E-state index is 0.323. The predicted molar refractivity (Wildman–Crippen MR) is 78.6 cm³/mol. The van der Waals surface area contributed by atoms with E-state index in [1.165, 1.54) is 13.2 Å². The monoisotopic (exact) mass is 302 g/mol. The maximum absolute atomic E-state index is 11.5. The molecule has 3 rings (SSSR count). The van der Waals surface area contributed by atoms with Crippen LogP contribution >= 0.6 is 11.6 Å². The number of methoxy groups -OCH3 is 1. The average molecular weight is 303 g/mol. The lowest BCUT2D eigenvalue weighted by Crippen LogP contribution is -2.01. The topological polar surface area (TPSA) is 44.8 Å². The first-order chi connectivity index (χ1) is 10.2. The molecule has 0 fully saturated rings. The van der Waals surface area contributed by atoms with Crippen LogP contribution in [0, 0.1) is 0 Å². The average Bonchev–Trinajstić information content (AvgIpc) is 2.64. The molecule has 2 aromatic carbocycles. The maximum Gasteiger partial charge on any atom is 0.334 e. The quantitative estimate of drug-likeness (QED) is 0.589. The molecule has 0 saturated carbocycles. The molecule has 1 aliphatic heterocycles. The van der Waals surface area contributed by atoms with Crippen LogP contribution in [0.1, 0.15) is 5.56 Å². The third kappa shape index (κ3) is 2.71. The van der Waals surface area contributed by atoms with E-state index in [4.69, 9.17) is 21.1 Å². The van der Waals surface area contributed by atoms with Crippen molar-refractivity contribution in [2.45, 2.75) is 0 Å². The van der Waals surface area contributed by atoms with Crippen LogP contribution in [0.25, 0.3) is 5.76 Å². The second-order valence-electron chi connectivity index (χ2n) is 4.32. The van der Waals surface area contributed by atoms with Crippen molar-refractivity contribution in [3.8, 4) is 17.2 Å². The zero-order valence-corrected chi connectivity index (χ0v) is 11.9. The van der Waals surface area contributed by atoms with Gasteiger partial charge in [0.05, 0.1) is 18.7 Å². The summed E-state index contributed by atoms with van der Waals surface area (Å²) in [4.78, 5) is 11.5. The molecular weight excluding hydrogens is 292 g/mol. The second-order valence-corrected chi connectivity index (χ2v) is 4.76. The van der Waals surface area contributed by atoms with E-state index in [-0.39, 0.29) is 0 Å². The molecule has 0 unspecified atom stereocenters. The molecule has 0 spiro atoms. The molecule has 21 heavy (non-hydrogen) atoms. The first kappa shape index (κ1) is 13.5. The molecule has 0 N–H and O–H groups in total. The van der Waals surface area contributed by atoms with E-state index in [1.807, 2.05) is 12.1 Å². The highest BCUT2D eigenvalue weighted by Crippen LogP contribution is 2.42. The fraction of sp³-hybridized carbons (Fsp3) is 0.0625. The molecule has 1 heterocycles. The summed E-state index contributed by atoms with van der Waals surface area (Å²) in [6.07, 6.45) is 1.26. The molecule has 0 aliphatic carbocycles. The normalized spacial score (nSPS) is 14.3. The van der Waals surface area contributed by atoms with Crippen LogP contribution < -0.4 is 9.47 Å². The molecule has 0 radical (unpaired) electrons. The molecule has 0 aromatic heterocycles. The van der Waals surface area contributed by atoms with Gasteiger partial charge in [0.15, 0.2) is 11.5 Å². The van der Waals surface area contributed by atoms with E-state index in [2.05, 4.69) is 4.74 Å². The molecule has 106 valence electrons. The van der Waals surface area contributed by atoms with Crippen LogP contribution in [0.3, 0.4) is 0 Å². The number of benzene rings is 2. The summed E-state index contributed by atoms with van der Waals surface area (Å²) in [6.45, 7) is 0. The van der Waals surface area contributed by atoms with Gasteiger partial charge in [0.2, 0.25) is 0 Å². The summed E-state index contributed by atoms with van der Waals surface area (Å²) in [5, 5.41) is 0.516. The van der Waals surface area contributed by atoms with Crippen molar-refractivity contribution in [1.82, 2.24) is 0 Å². The SMILES string of the molecule is COC(=O)C=C1Oc2ccccc2Oc2ccc(Cl)cc21. The fourth-order valence-electron chi connectivity index (χ4n) is 1.97. The highest BCUT2D eigenvalue weighted by atomic mass is 35.5. The zero-order valence-electron chi connectivity index (χ0n) is 11.1. The molecule has 0 bridgehead atoms. The molecule has 0 saturated heterocycles. The molecule has 0 amide bonds. The lowest BCUT2D eigenvalue weighted by atomic mass is 10.1. The lowest BCUT2D eigenvalue weighted by Gasteiger charge is -2.08. The Kier molecular flexibility index (Phi) is 3.54. The number of para-hydroxylation sites is 2. The smallest absolute Gasteiger partial charge is 0.334 e. The van der Waals surface area contributed by atoms with Gasteiger partial charge in [-0.3, -0.25) is 0 Å². The van der Waals surface area contributed by atoms with Gasteiger partial charge in [-0.1, -0.05) is 23.7 Å². The molecule has 1 aliphatic rings. The van der Waals surface area contributed by atoms with E-state index in [9.17, 15) is 4.79 Å². The van der Waals surface area contributed by atoms with Gasteiger partial charge in [-0.25, -0.2) is 4.79 Å². The minimum atomic E-state index is -0.518. The predicted octanol–water partition coefficient (Wildman–Crippen LogP) is 4.04. The number of fused-ring (bicyclic) bond motifs is 2. The largest absolute Gasteiger partial charge is 0.466 e. The van der Waals surface area contributed by atoms with Crippen LogP contribution in [-0.2, 0) is 9.53 Å². The first-order valence-electron chi connectivity index (χ1n) is 6.21. The summed E-state index contributed by atoms with van der Waals surface area (Å²) in [6, 6.07) is 12.3. The van der Waals surface area contributed by atoms with Crippen LogP contribution in [0.5, 0.6) is 17.2 Å². The lowest BCUT2D eigenvalue weighted by molar-refractivity contribution is -0.134. The van der Waals surface area contributed by atoms with E-state index >= 15 is 0 Å². The number of rotatable bonds is 1. The van der Waals surface area contributed by atoms with Gasteiger partial charge in [-0.05, 0) is 30.3 Å². The van der Waals surface area contributed by atoms with Crippen molar-refractivity contribution < 1.29 is 19.0 Å². The Hall–Kier alpha value is -2.46. The zero-order chi connectivity index (χ0) is 14.8. The van der Waals surface area contributed by atoms with Gasteiger partial charge < -0.3 is 14.2 Å². The number of carbonyl (C=O) groups excluding carboxylic acids is 1. The number of carbonyl (C=O) groups is 1. The van der Waals surface area contributed by atoms with E-state index in [0.717, 1.165) is 0 Å². The molecular formula is C16H11ClO4. The van der Waals surface area contributed by atoms with Crippen molar-refractivity contribution >= 4 is 23.3 Å². The van der Waals surface area contributed by atoms with Gasteiger partial charge >= 0.3 is 5.97 Å². The Balaban J connectivity index is 2.18. The Morgan fingerprint density at radius 2 is 1.81 bits per heavy atom. The molecule has 0 atom stereocenters. The molecule has 5 heteroatoms. The number of halogens is 1. The van der Waals surface area contributed by atoms with E-state index < -0.39 is 5.97 Å². The summed E-state index contributed by atoms with van der Waals surface area (Å²) >= 11 is 6.02. The Labute approximate surface area is 126 Å². The van der Waals surface area contributed by atoms with Gasteiger partial charge in [0.1, 0.15) is 11.5 Å². The highest BCUT2D eigenvalue weighted by molar-refractivity contribution is 6.30. The van der Waals surface area contributed by atoms with Crippen molar-refractivity contribution in [3.05, 3.63) is 59.1 Å². The summed E-state index contributed by atoms with van der Waals surface area (Å²) in [7, 11) is 1.30. The molecule has 2 aromatic rings. The van der Waals surface area contributed by atoms with Crippen molar-refractivity contribution in [1.29, 1.82) is 0 Å². The number of esters is 1. The summed E-state index contributed by atoms with van der Waals surface area (Å²) in [5.41, 5.74) is 0.587. The maximum atomic E-state index is 11.5. The van der Waals surface area contributed by atoms with Crippen LogP contribution in [0.15, 0.2) is 48.5 Å². The van der Waals surface area contributed by atoms with Gasteiger partial charge in [0.25, 0.3) is 0 Å². The standard InChI is InChI=1S/C16H11ClO4/c1-19-16(18)9-15-11-8-10(17)6-7-12(11)20-13-4-2-3-5-14(13)21-15/h2-9H,1H3. The van der Waals surface area contributed by atoms with Crippen LogP contribution in [0.2, 0.25) is 5.02 Å². The Morgan fingerprint density at radius 1 is 1.10 bits per heavy atom. The number of ether oxygens (including phenoxy) is 3. The summed E-state index contributed by atoms with van der Waals surface area (Å²) in [5.74, 6) is 1.44. The molecule has 4 nitrogen and oxygen atoms in total. The van der Waals surface area contributed by atoms with Crippen molar-refractivity contribution in [2.75, 3.05) is 7.11 Å².